The molecule has 0 radical (unpaired) electrons. The standard InChI is InChI=1S/C26H35N5O2/c1-16(31-11-8-19(32)9-12-31)25(33)30(4)18-6-5-17-13-22(27-21(17)14-18)24-20-7-10-26(2,3)15-23(20)28-29-24/h5-6,13-14,16,19,27,32H,7-12,15H2,1-4H3,(H,28,29). The molecule has 2 aromatic heterocycles. The minimum Gasteiger partial charge on any atom is -0.393 e. The molecule has 1 fully saturated rings. The number of nitrogens with one attached hydrogen (secondary N) is 2. The molecule has 1 atom stereocenters. The van der Waals surface area contributed by atoms with Crippen LogP contribution in [0.5, 0.6) is 0 Å². The highest BCUT2D eigenvalue weighted by molar-refractivity contribution is 5.98. The lowest BCUT2D eigenvalue weighted by Gasteiger charge is -2.35. The second kappa shape index (κ2) is 8.29. The van der Waals surface area contributed by atoms with Gasteiger partial charge in [-0.15, -0.1) is 0 Å². The average molecular weight is 450 g/mol. The summed E-state index contributed by atoms with van der Waals surface area (Å²) in [6.45, 7) is 8.10. The number of fused-ring (bicyclic) bond motifs is 2. The van der Waals surface area contributed by atoms with Gasteiger partial charge in [0.05, 0.1) is 17.8 Å². The van der Waals surface area contributed by atoms with Crippen molar-refractivity contribution >= 4 is 22.5 Å². The molecule has 2 aliphatic rings. The van der Waals surface area contributed by atoms with Gasteiger partial charge in [-0.2, -0.15) is 5.10 Å². The number of hydrogen-bond acceptors (Lipinski definition) is 4. The fraction of sp³-hybridized carbons (Fsp3) is 0.538. The number of likely N-dealkylation sites (tertiary alicyclic amines) is 1. The van der Waals surface area contributed by atoms with Crippen LogP contribution in [0.4, 0.5) is 5.69 Å². The molecule has 0 spiro atoms. The quantitative estimate of drug-likeness (QED) is 0.564. The van der Waals surface area contributed by atoms with E-state index >= 15 is 0 Å². The molecule has 1 aliphatic heterocycles. The van der Waals surface area contributed by atoms with Gasteiger partial charge in [-0.1, -0.05) is 19.9 Å². The lowest BCUT2D eigenvalue weighted by Crippen LogP contribution is -2.49. The van der Waals surface area contributed by atoms with Gasteiger partial charge in [0.1, 0.15) is 5.69 Å². The Morgan fingerprint density at radius 2 is 2.03 bits per heavy atom. The topological polar surface area (TPSA) is 88.2 Å². The number of hydrogen-bond donors (Lipinski definition) is 3. The van der Waals surface area contributed by atoms with Gasteiger partial charge >= 0.3 is 0 Å². The fourth-order valence-electron chi connectivity index (χ4n) is 5.36. The zero-order valence-corrected chi connectivity index (χ0v) is 20.1. The van der Waals surface area contributed by atoms with Crippen LogP contribution in [0.3, 0.4) is 0 Å². The number of rotatable bonds is 4. The van der Waals surface area contributed by atoms with Crippen LogP contribution in [0.2, 0.25) is 0 Å². The summed E-state index contributed by atoms with van der Waals surface area (Å²) in [5.41, 5.74) is 6.81. The van der Waals surface area contributed by atoms with E-state index < -0.39 is 0 Å². The number of H-pyrrole nitrogens is 2. The number of aromatic nitrogens is 3. The monoisotopic (exact) mass is 449 g/mol. The third-order valence-electron chi connectivity index (χ3n) is 7.64. The third-order valence-corrected chi connectivity index (χ3v) is 7.64. The molecule has 3 heterocycles. The van der Waals surface area contributed by atoms with E-state index in [1.165, 1.54) is 11.3 Å². The Bertz CT molecular complexity index is 1170. The lowest BCUT2D eigenvalue weighted by molar-refractivity contribution is -0.123. The van der Waals surface area contributed by atoms with Crippen molar-refractivity contribution in [3.8, 4) is 11.4 Å². The number of aromatic amines is 2. The number of aliphatic hydroxyl groups excluding tert-OH is 1. The van der Waals surface area contributed by atoms with Gasteiger partial charge in [0.2, 0.25) is 5.91 Å². The van der Waals surface area contributed by atoms with E-state index in [2.05, 4.69) is 46.1 Å². The van der Waals surface area contributed by atoms with Crippen molar-refractivity contribution in [3.05, 3.63) is 35.5 Å². The maximum Gasteiger partial charge on any atom is 0.243 e. The lowest BCUT2D eigenvalue weighted by atomic mass is 9.76. The number of carbonyl (C=O) groups is 1. The smallest absolute Gasteiger partial charge is 0.243 e. The molecule has 3 N–H and O–H groups in total. The van der Waals surface area contributed by atoms with Crippen LogP contribution in [0.1, 0.15) is 51.3 Å². The van der Waals surface area contributed by atoms with Crippen molar-refractivity contribution < 1.29 is 9.90 Å². The Balaban J connectivity index is 1.37. The van der Waals surface area contributed by atoms with Crippen molar-refractivity contribution in [2.45, 2.75) is 65.0 Å². The Morgan fingerprint density at radius 3 is 2.79 bits per heavy atom. The fourth-order valence-corrected chi connectivity index (χ4v) is 5.36. The van der Waals surface area contributed by atoms with Gasteiger partial charge < -0.3 is 15.0 Å². The number of aliphatic hydroxyl groups is 1. The van der Waals surface area contributed by atoms with E-state index in [0.717, 1.165) is 73.2 Å². The summed E-state index contributed by atoms with van der Waals surface area (Å²) in [7, 11) is 1.84. The first-order valence-electron chi connectivity index (χ1n) is 12.1. The summed E-state index contributed by atoms with van der Waals surface area (Å²) in [4.78, 5) is 20.6. The molecule has 1 aliphatic carbocycles. The van der Waals surface area contributed by atoms with Gasteiger partial charge in [0, 0.05) is 48.0 Å². The van der Waals surface area contributed by atoms with E-state index in [4.69, 9.17) is 0 Å². The number of carbonyl (C=O) groups excluding carboxylic acids is 1. The van der Waals surface area contributed by atoms with Crippen LogP contribution >= 0.6 is 0 Å². The van der Waals surface area contributed by atoms with E-state index in [1.54, 1.807) is 4.90 Å². The van der Waals surface area contributed by atoms with Crippen LogP contribution in [0, 0.1) is 5.41 Å². The Kier molecular flexibility index (Phi) is 5.57. The molecule has 1 amide bonds. The Morgan fingerprint density at radius 1 is 1.27 bits per heavy atom. The van der Waals surface area contributed by atoms with Gasteiger partial charge in [0.25, 0.3) is 0 Å². The summed E-state index contributed by atoms with van der Waals surface area (Å²) in [6, 6.07) is 8.06. The zero-order chi connectivity index (χ0) is 23.3. The first-order chi connectivity index (χ1) is 15.7. The van der Waals surface area contributed by atoms with Gasteiger partial charge in [-0.25, -0.2) is 0 Å². The van der Waals surface area contributed by atoms with Crippen molar-refractivity contribution in [3.63, 3.8) is 0 Å². The summed E-state index contributed by atoms with van der Waals surface area (Å²) in [5.74, 6) is 0.0708. The largest absolute Gasteiger partial charge is 0.393 e. The molecule has 1 unspecified atom stereocenters. The van der Waals surface area contributed by atoms with Crippen LogP contribution in [0.15, 0.2) is 24.3 Å². The van der Waals surface area contributed by atoms with E-state index in [-0.39, 0.29) is 18.1 Å². The molecule has 3 aromatic rings. The first-order valence-corrected chi connectivity index (χ1v) is 12.1. The SMILES string of the molecule is CC(C(=O)N(C)c1ccc2cc(-c3n[nH]c4c3CCC(C)(C)C4)[nH]c2c1)N1CCC(O)CC1. The van der Waals surface area contributed by atoms with Crippen molar-refractivity contribution in [1.82, 2.24) is 20.1 Å². The van der Waals surface area contributed by atoms with Gasteiger partial charge in [0.15, 0.2) is 0 Å². The van der Waals surface area contributed by atoms with Crippen LogP contribution in [-0.4, -0.2) is 63.4 Å². The van der Waals surface area contributed by atoms with Crippen molar-refractivity contribution in [2.75, 3.05) is 25.0 Å². The minimum atomic E-state index is -0.239. The molecule has 176 valence electrons. The first kappa shape index (κ1) is 22.2. The molecular formula is C26H35N5O2. The van der Waals surface area contributed by atoms with Crippen LogP contribution in [0.25, 0.3) is 22.3 Å². The van der Waals surface area contributed by atoms with Crippen LogP contribution in [-0.2, 0) is 17.6 Å². The molecule has 7 nitrogen and oxygen atoms in total. The molecule has 0 saturated carbocycles. The van der Waals surface area contributed by atoms with Gasteiger partial charge in [-0.05, 0) is 62.6 Å². The Labute approximate surface area is 195 Å². The summed E-state index contributed by atoms with van der Waals surface area (Å²) in [6.07, 6.45) is 4.45. The van der Waals surface area contributed by atoms with Crippen LogP contribution < -0.4 is 4.90 Å². The molecule has 0 bridgehead atoms. The Hall–Kier alpha value is -2.64. The maximum absolute atomic E-state index is 13.2. The second-order valence-electron chi connectivity index (χ2n) is 10.7. The van der Waals surface area contributed by atoms with Gasteiger partial charge in [-0.3, -0.25) is 14.8 Å². The normalized spacial score (nSPS) is 20.0. The summed E-state index contributed by atoms with van der Waals surface area (Å²) < 4.78 is 0. The predicted molar refractivity (Wildman–Crippen MR) is 131 cm³/mol. The molecule has 7 heteroatoms. The third kappa shape index (κ3) is 4.20. The average Bonchev–Trinajstić information content (AvgIpc) is 3.40. The number of benzene rings is 1. The molecule has 1 saturated heterocycles. The highest BCUT2D eigenvalue weighted by Crippen LogP contribution is 2.38. The number of amides is 1. The molecule has 5 rings (SSSR count). The number of piperidine rings is 1. The highest BCUT2D eigenvalue weighted by Gasteiger charge is 2.30. The maximum atomic E-state index is 13.2. The predicted octanol–water partition coefficient (Wildman–Crippen LogP) is 3.88. The molecular weight excluding hydrogens is 414 g/mol. The summed E-state index contributed by atoms with van der Waals surface area (Å²) >= 11 is 0. The minimum absolute atomic E-state index is 0.0708. The highest BCUT2D eigenvalue weighted by atomic mass is 16.3. The molecule has 33 heavy (non-hydrogen) atoms. The van der Waals surface area contributed by atoms with E-state index in [0.29, 0.717) is 5.41 Å². The summed E-state index contributed by atoms with van der Waals surface area (Å²) in [5, 5.41) is 18.8. The van der Waals surface area contributed by atoms with E-state index in [1.807, 2.05) is 26.1 Å². The number of likely N-dealkylation sites (N-methyl/N-ethyl adjacent to an activating group) is 1. The second-order valence-corrected chi connectivity index (χ2v) is 10.7. The van der Waals surface area contributed by atoms with Crippen molar-refractivity contribution in [2.24, 2.45) is 5.41 Å². The molecule has 1 aromatic carbocycles. The number of anilines is 1. The number of nitrogens with zero attached hydrogens (tertiary/aromatic N) is 3. The zero-order valence-electron chi connectivity index (χ0n) is 20.1. The van der Waals surface area contributed by atoms with Crippen molar-refractivity contribution in [1.29, 1.82) is 0 Å². The van der Waals surface area contributed by atoms with E-state index in [9.17, 15) is 9.90 Å².